The fourth-order valence-electron chi connectivity index (χ4n) is 1.53. The molecule has 0 unspecified atom stereocenters. The van der Waals surface area contributed by atoms with Crippen molar-refractivity contribution in [2.24, 2.45) is 0 Å². The van der Waals surface area contributed by atoms with Crippen molar-refractivity contribution in [2.75, 3.05) is 0 Å². The van der Waals surface area contributed by atoms with Crippen molar-refractivity contribution >= 4 is 17.7 Å². The van der Waals surface area contributed by atoms with Gasteiger partial charge in [-0.05, 0) is 38.0 Å². The summed E-state index contributed by atoms with van der Waals surface area (Å²) in [5.74, 6) is -4.37. The Morgan fingerprint density at radius 1 is 1.05 bits per heavy atom. The van der Waals surface area contributed by atoms with E-state index in [1.807, 2.05) is 5.43 Å². The Kier molecular flexibility index (Phi) is 6.43. The van der Waals surface area contributed by atoms with Gasteiger partial charge in [0.05, 0.1) is 0 Å². The van der Waals surface area contributed by atoms with Gasteiger partial charge in [-0.1, -0.05) is 6.07 Å². The van der Waals surface area contributed by atoms with E-state index in [1.165, 1.54) is 6.07 Å². The van der Waals surface area contributed by atoms with Crippen LogP contribution in [0.25, 0.3) is 0 Å². The molecule has 0 saturated heterocycles. The number of aryl methyl sites for hydroxylation is 1. The first-order valence-corrected chi connectivity index (χ1v) is 6.63. The molecule has 0 spiro atoms. The van der Waals surface area contributed by atoms with Crippen LogP contribution in [0, 0.1) is 11.6 Å². The zero-order valence-electron chi connectivity index (χ0n) is 12.2. The Bertz CT molecular complexity index is 576. The minimum absolute atomic E-state index is 0.0584. The second-order valence-corrected chi connectivity index (χ2v) is 4.88. The third-order valence-corrected chi connectivity index (χ3v) is 2.57. The highest BCUT2D eigenvalue weighted by atomic mass is 19.2. The summed E-state index contributed by atoms with van der Waals surface area (Å²) in [7, 11) is 0. The number of amides is 3. The van der Waals surface area contributed by atoms with E-state index in [2.05, 4.69) is 10.7 Å². The highest BCUT2D eigenvalue weighted by Gasteiger charge is 2.14. The monoisotopic (exact) mass is 313 g/mol. The number of rotatable bonds is 4. The van der Waals surface area contributed by atoms with Gasteiger partial charge in [-0.2, -0.15) is 0 Å². The van der Waals surface area contributed by atoms with Crippen LogP contribution in [0.4, 0.5) is 8.78 Å². The van der Waals surface area contributed by atoms with E-state index in [0.29, 0.717) is 5.56 Å². The number of hydrogen-bond acceptors (Lipinski definition) is 3. The molecule has 0 aliphatic heterocycles. The highest BCUT2D eigenvalue weighted by Crippen LogP contribution is 2.10. The highest BCUT2D eigenvalue weighted by molar-refractivity contribution is 6.35. The molecule has 0 saturated carbocycles. The third-order valence-electron chi connectivity index (χ3n) is 2.57. The summed E-state index contributed by atoms with van der Waals surface area (Å²) < 4.78 is 25.7. The van der Waals surface area contributed by atoms with Crippen molar-refractivity contribution in [2.45, 2.75) is 32.7 Å². The van der Waals surface area contributed by atoms with Gasteiger partial charge < -0.3 is 5.32 Å². The predicted octanol–water partition coefficient (Wildman–Crippen LogP) is 0.569. The van der Waals surface area contributed by atoms with E-state index in [0.717, 1.165) is 12.1 Å². The van der Waals surface area contributed by atoms with Gasteiger partial charge >= 0.3 is 11.8 Å². The topological polar surface area (TPSA) is 87.3 Å². The molecule has 1 rings (SSSR count). The van der Waals surface area contributed by atoms with E-state index in [4.69, 9.17) is 0 Å². The number of hydrogen-bond donors (Lipinski definition) is 3. The number of nitrogens with one attached hydrogen (secondary N) is 3. The predicted molar refractivity (Wildman–Crippen MR) is 74.2 cm³/mol. The third kappa shape index (κ3) is 5.86. The maximum atomic E-state index is 13.0. The Labute approximate surface area is 126 Å². The molecule has 120 valence electrons. The molecule has 6 nitrogen and oxygen atoms in total. The number of carbonyl (C=O) groups is 3. The van der Waals surface area contributed by atoms with Crippen molar-refractivity contribution in [3.8, 4) is 0 Å². The van der Waals surface area contributed by atoms with E-state index < -0.39 is 29.4 Å². The SMILES string of the molecule is CC(C)NC(=O)C(=O)NNC(=O)CCc1ccc(F)c(F)c1. The van der Waals surface area contributed by atoms with Gasteiger partial charge in [0.1, 0.15) is 0 Å². The molecule has 0 bridgehead atoms. The van der Waals surface area contributed by atoms with Crippen LogP contribution in [0.1, 0.15) is 25.8 Å². The quantitative estimate of drug-likeness (QED) is 0.561. The maximum absolute atomic E-state index is 13.0. The van der Waals surface area contributed by atoms with Crippen LogP contribution in [0.15, 0.2) is 18.2 Å². The first kappa shape index (κ1) is 17.5. The molecule has 0 radical (unpaired) electrons. The van der Waals surface area contributed by atoms with Gasteiger partial charge in [0.15, 0.2) is 11.6 Å². The lowest BCUT2D eigenvalue weighted by Gasteiger charge is -2.09. The van der Waals surface area contributed by atoms with Crippen LogP contribution in [-0.2, 0) is 20.8 Å². The van der Waals surface area contributed by atoms with Gasteiger partial charge in [0, 0.05) is 12.5 Å². The Morgan fingerprint density at radius 3 is 2.32 bits per heavy atom. The first-order valence-electron chi connectivity index (χ1n) is 6.63. The minimum atomic E-state index is -0.991. The molecule has 1 aromatic rings. The molecule has 0 heterocycles. The maximum Gasteiger partial charge on any atom is 0.327 e. The van der Waals surface area contributed by atoms with E-state index in [9.17, 15) is 23.2 Å². The number of hydrazine groups is 1. The van der Waals surface area contributed by atoms with Gasteiger partial charge in [-0.25, -0.2) is 8.78 Å². The summed E-state index contributed by atoms with van der Waals surface area (Å²) in [6.07, 6.45) is 0.105. The standard InChI is InChI=1S/C14H17F2N3O3/c1-8(2)17-13(21)14(22)19-18-12(20)6-4-9-3-5-10(15)11(16)7-9/h3,5,7-8H,4,6H2,1-2H3,(H,17,21)(H,18,20)(H,19,22). The fourth-order valence-corrected chi connectivity index (χ4v) is 1.53. The van der Waals surface area contributed by atoms with Crippen molar-refractivity contribution in [1.82, 2.24) is 16.2 Å². The lowest BCUT2D eigenvalue weighted by atomic mass is 10.1. The van der Waals surface area contributed by atoms with Crippen molar-refractivity contribution < 1.29 is 23.2 Å². The summed E-state index contributed by atoms with van der Waals surface area (Å²) in [6, 6.07) is 3.13. The minimum Gasteiger partial charge on any atom is -0.346 e. The molecule has 0 aliphatic carbocycles. The Hall–Kier alpha value is -2.51. The van der Waals surface area contributed by atoms with Crippen LogP contribution in [0.2, 0.25) is 0 Å². The molecule has 1 aromatic carbocycles. The second-order valence-electron chi connectivity index (χ2n) is 4.88. The van der Waals surface area contributed by atoms with E-state index >= 15 is 0 Å². The van der Waals surface area contributed by atoms with Crippen LogP contribution in [0.5, 0.6) is 0 Å². The molecule has 0 aliphatic rings. The zero-order chi connectivity index (χ0) is 16.7. The molecule has 0 aromatic heterocycles. The van der Waals surface area contributed by atoms with Crippen LogP contribution in [0.3, 0.4) is 0 Å². The number of benzene rings is 1. The number of halogens is 2. The summed E-state index contributed by atoms with van der Waals surface area (Å²) >= 11 is 0. The van der Waals surface area contributed by atoms with Gasteiger partial charge in [-0.3, -0.25) is 25.2 Å². The summed E-state index contributed by atoms with van der Waals surface area (Å²) in [5.41, 5.74) is 4.47. The summed E-state index contributed by atoms with van der Waals surface area (Å²) in [6.45, 7) is 3.37. The van der Waals surface area contributed by atoms with Crippen molar-refractivity contribution in [3.05, 3.63) is 35.4 Å². The van der Waals surface area contributed by atoms with Gasteiger partial charge in [0.2, 0.25) is 5.91 Å². The normalized spacial score (nSPS) is 10.2. The lowest BCUT2D eigenvalue weighted by molar-refractivity contribution is -0.141. The Balaban J connectivity index is 2.36. The Morgan fingerprint density at radius 2 is 1.73 bits per heavy atom. The molecule has 8 heteroatoms. The van der Waals surface area contributed by atoms with Crippen molar-refractivity contribution in [1.29, 1.82) is 0 Å². The molecular weight excluding hydrogens is 296 g/mol. The van der Waals surface area contributed by atoms with E-state index in [-0.39, 0.29) is 18.9 Å². The fraction of sp³-hybridized carbons (Fsp3) is 0.357. The average molecular weight is 313 g/mol. The molecule has 0 fully saturated rings. The second kappa shape index (κ2) is 8.06. The lowest BCUT2D eigenvalue weighted by Crippen LogP contribution is -2.49. The smallest absolute Gasteiger partial charge is 0.327 e. The largest absolute Gasteiger partial charge is 0.346 e. The number of carbonyl (C=O) groups excluding carboxylic acids is 3. The summed E-state index contributed by atoms with van der Waals surface area (Å²) in [5, 5.41) is 2.36. The van der Waals surface area contributed by atoms with Crippen LogP contribution in [-0.4, -0.2) is 23.8 Å². The summed E-state index contributed by atoms with van der Waals surface area (Å²) in [4.78, 5) is 34.1. The zero-order valence-corrected chi connectivity index (χ0v) is 12.2. The molecular formula is C14H17F2N3O3. The first-order chi connectivity index (χ1) is 10.3. The molecule has 3 amide bonds. The van der Waals surface area contributed by atoms with Crippen molar-refractivity contribution in [3.63, 3.8) is 0 Å². The molecule has 22 heavy (non-hydrogen) atoms. The molecule has 0 atom stereocenters. The van der Waals surface area contributed by atoms with Crippen LogP contribution < -0.4 is 16.2 Å². The van der Waals surface area contributed by atoms with E-state index in [1.54, 1.807) is 13.8 Å². The average Bonchev–Trinajstić information content (AvgIpc) is 2.45. The molecule has 3 N–H and O–H groups in total. The van der Waals surface area contributed by atoms with Gasteiger partial charge in [0.25, 0.3) is 0 Å². The van der Waals surface area contributed by atoms with Gasteiger partial charge in [-0.15, -0.1) is 0 Å². The van der Waals surface area contributed by atoms with Crippen LogP contribution >= 0.6 is 0 Å².